The summed E-state index contributed by atoms with van der Waals surface area (Å²) in [5.74, 6) is 1.10. The fraction of sp³-hybridized carbons (Fsp3) is 0.321. The molecule has 3 aliphatic heterocycles. The van der Waals surface area contributed by atoms with Crippen LogP contribution >= 0.6 is 0 Å². The van der Waals surface area contributed by atoms with Crippen LogP contribution in [0.15, 0.2) is 47.7 Å². The number of halogens is 1. The van der Waals surface area contributed by atoms with Crippen LogP contribution in [0.5, 0.6) is 0 Å². The summed E-state index contributed by atoms with van der Waals surface area (Å²) in [7, 11) is 1.66. The van der Waals surface area contributed by atoms with Crippen molar-refractivity contribution in [2.75, 3.05) is 18.9 Å². The van der Waals surface area contributed by atoms with Crippen molar-refractivity contribution < 1.29 is 9.18 Å². The van der Waals surface area contributed by atoms with Crippen molar-refractivity contribution in [1.82, 2.24) is 19.5 Å². The summed E-state index contributed by atoms with van der Waals surface area (Å²) in [6.07, 6.45) is 3.34. The fourth-order valence-corrected chi connectivity index (χ4v) is 4.63. The number of fused-ring (bicyclic) bond motifs is 3. The Balaban J connectivity index is 1.58. The molecule has 0 aliphatic carbocycles. The number of carbonyl (C=O) groups excluding carboxylic acids is 1. The average Bonchev–Trinajstić information content (AvgIpc) is 3.35. The normalized spacial score (nSPS) is 13.7. The first-order chi connectivity index (χ1) is 17.2. The van der Waals surface area contributed by atoms with Gasteiger partial charge in [-0.2, -0.15) is 4.98 Å². The van der Waals surface area contributed by atoms with Gasteiger partial charge in [-0.3, -0.25) is 14.8 Å². The van der Waals surface area contributed by atoms with Gasteiger partial charge in [-0.25, -0.2) is 9.37 Å². The lowest BCUT2D eigenvalue weighted by Gasteiger charge is -2.19. The van der Waals surface area contributed by atoms with E-state index in [1.54, 1.807) is 25.5 Å². The van der Waals surface area contributed by atoms with Gasteiger partial charge in [0.05, 0.1) is 0 Å². The van der Waals surface area contributed by atoms with E-state index in [-0.39, 0.29) is 17.6 Å². The fourth-order valence-electron chi connectivity index (χ4n) is 4.63. The third-order valence-electron chi connectivity index (χ3n) is 6.64. The number of nitrogens with zero attached hydrogens (tertiary/aromatic N) is 5. The Morgan fingerprint density at radius 3 is 2.72 bits per heavy atom. The number of benzene rings is 1. The molecule has 0 fully saturated rings. The second-order valence-corrected chi connectivity index (χ2v) is 10.2. The molecule has 0 atom stereocenters. The zero-order valence-electron chi connectivity index (χ0n) is 21.2. The van der Waals surface area contributed by atoms with Gasteiger partial charge < -0.3 is 9.88 Å². The number of aromatic nitrogens is 4. The minimum atomic E-state index is -0.396. The molecule has 8 heteroatoms. The van der Waals surface area contributed by atoms with Gasteiger partial charge >= 0.3 is 0 Å². The number of rotatable bonds is 4. The minimum Gasteiger partial charge on any atom is -0.369 e. The topological polar surface area (TPSA) is 85.1 Å². The standard InChI is InChI=1S/C28H29FN6O/c1-16-10-22(29)17(13-24(36)23-14-19(6-7-31-23)28(2,3)4)11-20(16)21-12-18-15-33-27(30-5)34-25(18)35-9-8-32-26(21)35/h6-7,10-12,14-15,32H,8-9,13H2,1-5H3. The van der Waals surface area contributed by atoms with Crippen LogP contribution in [0.4, 0.5) is 10.2 Å². The van der Waals surface area contributed by atoms with Crippen molar-refractivity contribution in [2.45, 2.75) is 46.1 Å². The van der Waals surface area contributed by atoms with E-state index >= 15 is 4.39 Å². The Hall–Kier alpha value is -3.94. The summed E-state index contributed by atoms with van der Waals surface area (Å²) in [5.41, 5.74) is 5.46. The van der Waals surface area contributed by atoms with Gasteiger partial charge in [0.25, 0.3) is 0 Å². The Morgan fingerprint density at radius 1 is 1.17 bits per heavy atom. The molecule has 1 aromatic carbocycles. The number of pyridine rings is 2. The van der Waals surface area contributed by atoms with E-state index in [0.29, 0.717) is 16.9 Å². The van der Waals surface area contributed by atoms with Crippen LogP contribution in [0.3, 0.4) is 0 Å². The monoisotopic (exact) mass is 484 g/mol. The van der Waals surface area contributed by atoms with Crippen LogP contribution in [-0.4, -0.2) is 38.9 Å². The van der Waals surface area contributed by atoms with Crippen molar-refractivity contribution in [1.29, 1.82) is 0 Å². The van der Waals surface area contributed by atoms with E-state index in [4.69, 9.17) is 0 Å². The van der Waals surface area contributed by atoms with Gasteiger partial charge in [0.1, 0.15) is 23.2 Å². The molecule has 7 nitrogen and oxygen atoms in total. The number of ketones is 1. The number of anilines is 1. The highest BCUT2D eigenvalue weighted by atomic mass is 19.1. The predicted octanol–water partition coefficient (Wildman–Crippen LogP) is 4.57. The molecule has 4 heterocycles. The number of aryl methyl sites for hydroxylation is 1. The maximum atomic E-state index is 15.1. The molecule has 3 aliphatic rings. The maximum absolute atomic E-state index is 15.1. The summed E-state index contributed by atoms with van der Waals surface area (Å²) in [6, 6.07) is 9.02. The van der Waals surface area contributed by atoms with E-state index in [9.17, 15) is 4.79 Å². The van der Waals surface area contributed by atoms with Gasteiger partial charge in [-0.05, 0) is 64.9 Å². The number of hydrogen-bond acceptors (Lipinski definition) is 6. The Labute approximate surface area is 209 Å². The summed E-state index contributed by atoms with van der Waals surface area (Å²) in [6.45, 7) is 9.64. The molecule has 1 aromatic heterocycles. The van der Waals surface area contributed by atoms with Crippen LogP contribution in [0, 0.1) is 12.7 Å². The first-order valence-electron chi connectivity index (χ1n) is 12.0. The maximum Gasteiger partial charge on any atom is 0.246 e. The molecule has 0 radical (unpaired) electrons. The lowest BCUT2D eigenvalue weighted by atomic mass is 9.87. The molecule has 0 unspecified atom stereocenters. The molecular weight excluding hydrogens is 455 g/mol. The van der Waals surface area contributed by atoms with Crippen molar-refractivity contribution in [3.8, 4) is 22.5 Å². The largest absolute Gasteiger partial charge is 0.369 e. The first kappa shape index (κ1) is 23.8. The second kappa shape index (κ2) is 8.93. The van der Waals surface area contributed by atoms with Gasteiger partial charge in [-0.1, -0.05) is 20.8 Å². The second-order valence-electron chi connectivity index (χ2n) is 10.2. The summed E-state index contributed by atoms with van der Waals surface area (Å²) >= 11 is 0. The Morgan fingerprint density at radius 2 is 1.97 bits per heavy atom. The Kier molecular flexibility index (Phi) is 5.90. The molecular formula is C28H29FN6O. The van der Waals surface area contributed by atoms with E-state index in [2.05, 4.69) is 50.6 Å². The SMILES string of the molecule is CN=c1ncc2cc(-c3cc(CC(=O)c4cc(C(C)(C)C)ccn4)c(F)cc3C)c3n(c-2n1)CCN3. The highest BCUT2D eigenvalue weighted by Gasteiger charge is 2.24. The molecule has 1 N–H and O–H groups in total. The van der Waals surface area contributed by atoms with Gasteiger partial charge in [0.15, 0.2) is 5.78 Å². The van der Waals surface area contributed by atoms with Crippen LogP contribution in [0.2, 0.25) is 0 Å². The minimum absolute atomic E-state index is 0.0689. The number of Topliss-reactive ketones (excluding diaryl/α,β-unsaturated/α-hetero) is 1. The molecule has 0 saturated carbocycles. The number of hydrogen-bond donors (Lipinski definition) is 1. The molecule has 36 heavy (non-hydrogen) atoms. The van der Waals surface area contributed by atoms with Gasteiger partial charge in [0.2, 0.25) is 5.62 Å². The first-order valence-corrected chi connectivity index (χ1v) is 12.0. The quantitative estimate of drug-likeness (QED) is 0.429. The molecule has 0 amide bonds. The smallest absolute Gasteiger partial charge is 0.246 e. The summed E-state index contributed by atoms with van der Waals surface area (Å²) in [4.78, 5) is 30.4. The molecule has 5 rings (SSSR count). The van der Waals surface area contributed by atoms with Gasteiger partial charge in [-0.15, -0.1) is 0 Å². The van der Waals surface area contributed by atoms with Crippen LogP contribution in [0.1, 0.15) is 48.0 Å². The lowest BCUT2D eigenvalue weighted by Crippen LogP contribution is -2.17. The third kappa shape index (κ3) is 4.27. The average molecular weight is 485 g/mol. The van der Waals surface area contributed by atoms with Crippen LogP contribution in [0.25, 0.3) is 22.5 Å². The zero-order valence-corrected chi connectivity index (χ0v) is 21.2. The summed E-state index contributed by atoms with van der Waals surface area (Å²) in [5, 5.41) is 3.45. The predicted molar refractivity (Wildman–Crippen MR) is 138 cm³/mol. The highest BCUT2D eigenvalue weighted by Crippen LogP contribution is 2.38. The van der Waals surface area contributed by atoms with Crippen LogP contribution in [-0.2, 0) is 18.4 Å². The van der Waals surface area contributed by atoms with E-state index in [0.717, 1.165) is 52.5 Å². The van der Waals surface area contributed by atoms with Crippen molar-refractivity contribution in [3.05, 3.63) is 76.5 Å². The van der Waals surface area contributed by atoms with E-state index < -0.39 is 5.82 Å². The third-order valence-corrected chi connectivity index (χ3v) is 6.64. The lowest BCUT2D eigenvalue weighted by molar-refractivity contribution is 0.0987. The number of nitrogens with one attached hydrogen (secondary N) is 1. The zero-order chi connectivity index (χ0) is 25.6. The van der Waals surface area contributed by atoms with E-state index in [1.807, 2.05) is 25.1 Å². The van der Waals surface area contributed by atoms with Crippen molar-refractivity contribution >= 4 is 11.6 Å². The highest BCUT2D eigenvalue weighted by molar-refractivity contribution is 5.96. The molecule has 184 valence electrons. The van der Waals surface area contributed by atoms with E-state index in [1.165, 1.54) is 6.07 Å². The van der Waals surface area contributed by atoms with Gasteiger partial charge in [0, 0.05) is 50.1 Å². The van der Waals surface area contributed by atoms with Crippen molar-refractivity contribution in [3.63, 3.8) is 0 Å². The molecule has 0 spiro atoms. The van der Waals surface area contributed by atoms with Crippen LogP contribution < -0.4 is 10.9 Å². The molecule has 0 bridgehead atoms. The van der Waals surface area contributed by atoms with Crippen molar-refractivity contribution in [2.24, 2.45) is 4.99 Å². The molecule has 0 saturated heterocycles. The molecule has 2 aromatic rings. The number of carbonyl (C=O) groups is 1. The Bertz CT molecular complexity index is 1530. The summed E-state index contributed by atoms with van der Waals surface area (Å²) < 4.78 is 17.2.